The topological polar surface area (TPSA) is 55.8 Å². The number of carbonyl (C=O) groups excluding carboxylic acids is 2. The third kappa shape index (κ3) is 6.57. The van der Waals surface area contributed by atoms with E-state index >= 15 is 0 Å². The first-order valence-corrected chi connectivity index (χ1v) is 6.89. The van der Waals surface area contributed by atoms with Crippen molar-refractivity contribution in [2.24, 2.45) is 0 Å². The Labute approximate surface area is 115 Å². The monoisotopic (exact) mass is 271 g/mol. The van der Waals surface area contributed by atoms with Gasteiger partial charge < -0.3 is 14.4 Å². The van der Waals surface area contributed by atoms with Crippen LogP contribution in [-0.4, -0.2) is 48.2 Å². The summed E-state index contributed by atoms with van der Waals surface area (Å²) in [6, 6.07) is 0. The molecule has 0 bridgehead atoms. The van der Waals surface area contributed by atoms with Crippen LogP contribution in [0.4, 0.5) is 0 Å². The number of nitrogens with zero attached hydrogens (tertiary/aromatic N) is 1. The van der Waals surface area contributed by atoms with Crippen molar-refractivity contribution < 1.29 is 19.1 Å². The second kappa shape index (κ2) is 6.89. The van der Waals surface area contributed by atoms with Crippen LogP contribution in [-0.2, 0) is 19.1 Å². The number of carbonyl (C=O) groups is 2. The van der Waals surface area contributed by atoms with Crippen molar-refractivity contribution in [3.05, 3.63) is 0 Å². The molecule has 0 aliphatic carbocycles. The first-order valence-electron chi connectivity index (χ1n) is 6.89. The molecule has 0 radical (unpaired) electrons. The number of hydrogen-bond acceptors (Lipinski definition) is 4. The molecule has 1 heterocycles. The predicted molar refractivity (Wildman–Crippen MR) is 71.7 cm³/mol. The van der Waals surface area contributed by atoms with E-state index in [9.17, 15) is 9.59 Å². The van der Waals surface area contributed by atoms with E-state index in [0.717, 1.165) is 6.42 Å². The zero-order valence-corrected chi connectivity index (χ0v) is 12.4. The van der Waals surface area contributed by atoms with Gasteiger partial charge in [-0.3, -0.25) is 9.59 Å². The number of hydrogen-bond donors (Lipinski definition) is 0. The summed E-state index contributed by atoms with van der Waals surface area (Å²) in [7, 11) is 0. The average molecular weight is 271 g/mol. The summed E-state index contributed by atoms with van der Waals surface area (Å²) in [5.41, 5.74) is -0.495. The Bertz CT molecular complexity index is 322. The molecule has 1 amide bonds. The summed E-state index contributed by atoms with van der Waals surface area (Å²) < 4.78 is 10.7. The largest absolute Gasteiger partial charge is 0.460 e. The van der Waals surface area contributed by atoms with Gasteiger partial charge in [0.1, 0.15) is 5.60 Å². The molecule has 0 aromatic carbocycles. The van der Waals surface area contributed by atoms with Gasteiger partial charge in [-0.1, -0.05) is 0 Å². The zero-order valence-electron chi connectivity index (χ0n) is 12.4. The maximum Gasteiger partial charge on any atom is 0.306 e. The Kier molecular flexibility index (Phi) is 5.79. The van der Waals surface area contributed by atoms with Gasteiger partial charge in [0.25, 0.3) is 0 Å². The van der Waals surface area contributed by atoms with Crippen LogP contribution in [0, 0.1) is 0 Å². The maximum atomic E-state index is 12.0. The van der Waals surface area contributed by atoms with E-state index in [-0.39, 0.29) is 30.8 Å². The molecule has 1 rings (SSSR count). The van der Waals surface area contributed by atoms with Gasteiger partial charge in [0.05, 0.1) is 12.5 Å². The molecule has 1 aliphatic heterocycles. The van der Waals surface area contributed by atoms with Gasteiger partial charge in [0, 0.05) is 26.1 Å². The molecular formula is C14H25NO4. The van der Waals surface area contributed by atoms with Crippen LogP contribution in [0.25, 0.3) is 0 Å². The summed E-state index contributed by atoms with van der Waals surface area (Å²) in [5, 5.41) is 0. The van der Waals surface area contributed by atoms with Gasteiger partial charge in [0.2, 0.25) is 5.91 Å². The van der Waals surface area contributed by atoms with Crippen molar-refractivity contribution in [2.75, 3.05) is 19.7 Å². The van der Waals surface area contributed by atoms with Crippen molar-refractivity contribution in [2.45, 2.75) is 58.7 Å². The Balaban J connectivity index is 2.36. The summed E-state index contributed by atoms with van der Waals surface area (Å²) in [4.78, 5) is 25.4. The molecule has 1 fully saturated rings. The third-order valence-electron chi connectivity index (χ3n) is 2.77. The molecule has 5 nitrogen and oxygen atoms in total. The summed E-state index contributed by atoms with van der Waals surface area (Å²) in [6.07, 6.45) is 1.26. The molecule has 0 saturated carbocycles. The molecule has 0 spiro atoms. The standard InChI is InChI=1S/C14H25NO4/c1-11-10-15(8-5-9-18-11)12(16)6-7-13(17)19-14(2,3)4/h11H,5-10H2,1-4H3. The minimum Gasteiger partial charge on any atom is -0.460 e. The van der Waals surface area contributed by atoms with Crippen molar-refractivity contribution in [1.29, 1.82) is 0 Å². The quantitative estimate of drug-likeness (QED) is 0.734. The number of esters is 1. The Morgan fingerprint density at radius 1 is 1.32 bits per heavy atom. The van der Waals surface area contributed by atoms with Gasteiger partial charge in [-0.15, -0.1) is 0 Å². The Morgan fingerprint density at radius 3 is 2.63 bits per heavy atom. The highest BCUT2D eigenvalue weighted by Gasteiger charge is 2.22. The first-order chi connectivity index (χ1) is 8.78. The molecule has 19 heavy (non-hydrogen) atoms. The minimum absolute atomic E-state index is 0.00297. The molecule has 1 unspecified atom stereocenters. The second-order valence-electron chi connectivity index (χ2n) is 5.96. The highest BCUT2D eigenvalue weighted by Crippen LogP contribution is 2.11. The lowest BCUT2D eigenvalue weighted by Gasteiger charge is -2.23. The van der Waals surface area contributed by atoms with Gasteiger partial charge in [0.15, 0.2) is 0 Å². The molecule has 0 N–H and O–H groups in total. The molecule has 0 aromatic heterocycles. The van der Waals surface area contributed by atoms with Crippen LogP contribution >= 0.6 is 0 Å². The first kappa shape index (κ1) is 16.0. The van der Waals surface area contributed by atoms with E-state index in [2.05, 4.69) is 0 Å². The van der Waals surface area contributed by atoms with Crippen LogP contribution < -0.4 is 0 Å². The fourth-order valence-electron chi connectivity index (χ4n) is 1.98. The lowest BCUT2D eigenvalue weighted by Crippen LogP contribution is -2.36. The molecule has 1 saturated heterocycles. The van der Waals surface area contributed by atoms with Crippen molar-refractivity contribution >= 4 is 11.9 Å². The van der Waals surface area contributed by atoms with E-state index in [0.29, 0.717) is 19.7 Å². The zero-order chi connectivity index (χ0) is 14.5. The third-order valence-corrected chi connectivity index (χ3v) is 2.77. The predicted octanol–water partition coefficient (Wildman–Crippen LogP) is 1.75. The maximum absolute atomic E-state index is 12.0. The van der Waals surface area contributed by atoms with Crippen molar-refractivity contribution in [3.8, 4) is 0 Å². The second-order valence-corrected chi connectivity index (χ2v) is 5.96. The van der Waals surface area contributed by atoms with Gasteiger partial charge in [-0.2, -0.15) is 0 Å². The molecule has 110 valence electrons. The van der Waals surface area contributed by atoms with Gasteiger partial charge in [-0.05, 0) is 34.1 Å². The van der Waals surface area contributed by atoms with Crippen LogP contribution in [0.5, 0.6) is 0 Å². The Hall–Kier alpha value is -1.10. The van der Waals surface area contributed by atoms with Gasteiger partial charge in [-0.25, -0.2) is 0 Å². The average Bonchev–Trinajstić information content (AvgIpc) is 2.48. The lowest BCUT2D eigenvalue weighted by molar-refractivity contribution is -0.156. The van der Waals surface area contributed by atoms with E-state index in [1.165, 1.54) is 0 Å². The smallest absolute Gasteiger partial charge is 0.306 e. The number of rotatable bonds is 3. The molecular weight excluding hydrogens is 246 g/mol. The fraction of sp³-hybridized carbons (Fsp3) is 0.857. The molecule has 0 aromatic rings. The number of ether oxygens (including phenoxy) is 2. The van der Waals surface area contributed by atoms with E-state index in [1.54, 1.807) is 4.90 Å². The lowest BCUT2D eigenvalue weighted by atomic mass is 10.2. The fourth-order valence-corrected chi connectivity index (χ4v) is 1.98. The van der Waals surface area contributed by atoms with E-state index in [1.807, 2.05) is 27.7 Å². The van der Waals surface area contributed by atoms with E-state index < -0.39 is 5.60 Å². The summed E-state index contributed by atoms with van der Waals surface area (Å²) in [6.45, 7) is 9.42. The number of amides is 1. The normalized spacial score (nSPS) is 20.8. The van der Waals surface area contributed by atoms with Crippen LogP contribution in [0.2, 0.25) is 0 Å². The molecule has 1 aliphatic rings. The highest BCUT2D eigenvalue weighted by atomic mass is 16.6. The van der Waals surface area contributed by atoms with Crippen LogP contribution in [0.1, 0.15) is 47.0 Å². The van der Waals surface area contributed by atoms with E-state index in [4.69, 9.17) is 9.47 Å². The highest BCUT2D eigenvalue weighted by molar-refractivity contribution is 5.81. The molecule has 1 atom stereocenters. The molecule has 5 heteroatoms. The van der Waals surface area contributed by atoms with Gasteiger partial charge >= 0.3 is 5.97 Å². The summed E-state index contributed by atoms with van der Waals surface area (Å²) in [5.74, 6) is -0.317. The van der Waals surface area contributed by atoms with Crippen LogP contribution in [0.15, 0.2) is 0 Å². The van der Waals surface area contributed by atoms with Crippen LogP contribution in [0.3, 0.4) is 0 Å². The minimum atomic E-state index is -0.495. The van der Waals surface area contributed by atoms with Crippen molar-refractivity contribution in [3.63, 3.8) is 0 Å². The Morgan fingerprint density at radius 2 is 2.00 bits per heavy atom. The SMILES string of the molecule is CC1CN(C(=O)CCC(=O)OC(C)(C)C)CCCO1. The summed E-state index contributed by atoms with van der Waals surface area (Å²) >= 11 is 0. The van der Waals surface area contributed by atoms with Crippen molar-refractivity contribution in [1.82, 2.24) is 4.90 Å².